The molecule has 0 aliphatic heterocycles. The monoisotopic (exact) mass is 1860 g/mol. The van der Waals surface area contributed by atoms with Gasteiger partial charge in [-0.25, -0.2) is 0 Å². The first-order valence-corrected chi connectivity index (χ1v) is 51.6. The Kier molecular flexibility index (Phi) is 34.2. The molecule has 16 rings (SSSR count). The fourth-order valence-corrected chi connectivity index (χ4v) is 20.6. The molecule has 0 saturated heterocycles. The molecule has 0 atom stereocenters. The molecule has 0 bridgehead atoms. The van der Waals surface area contributed by atoms with Crippen LogP contribution in [-0.4, -0.2) is 0 Å². The van der Waals surface area contributed by atoms with E-state index in [4.69, 9.17) is 0 Å². The first kappa shape index (κ1) is 95.3. The van der Waals surface area contributed by atoms with Crippen molar-refractivity contribution in [2.75, 3.05) is 19.6 Å². The number of hydrogen-bond acceptors (Lipinski definition) is 4. The SMILES string of the molecule is CCCCCCCCc1ccc(N(c2cccc(Br)c2)c2ccc3ccc(C)c(-c4c(C)ccc5ccc(N(c6ccc(CCCCCCCC)cc6)c6cccc(Br)c6)cc45)c3c2)cc1.CCCCCCCCc1ccc(N(c2cccc(C)c2)c2ccc3ccc(C)c(-c4c(C)ccc5ccc(N(c6ccc(CCCCCCCC)cc6)c6cccc(C)c6)cc45)c3c2)cc1. The zero-order chi connectivity index (χ0) is 91.7. The molecule has 0 heterocycles. The minimum atomic E-state index is 1.06. The quantitative estimate of drug-likeness (QED) is 0.0354. The van der Waals surface area contributed by atoms with Crippen LogP contribution >= 0.6 is 31.9 Å². The first-order valence-electron chi connectivity index (χ1n) is 50.0. The Morgan fingerprint density at radius 2 is 0.379 bits per heavy atom. The molecule has 0 fully saturated rings. The highest BCUT2D eigenvalue weighted by molar-refractivity contribution is 9.10. The number of unbranched alkanes of at least 4 members (excludes halogenated alkanes) is 20. The van der Waals surface area contributed by atoms with Gasteiger partial charge in [-0.1, -0.05) is 346 Å². The van der Waals surface area contributed by atoms with Crippen molar-refractivity contribution in [3.63, 3.8) is 0 Å². The highest BCUT2D eigenvalue weighted by Crippen LogP contribution is 2.49. The van der Waals surface area contributed by atoms with Gasteiger partial charge in [0.05, 0.1) is 0 Å². The van der Waals surface area contributed by atoms with Crippen LogP contribution in [0.4, 0.5) is 68.2 Å². The van der Waals surface area contributed by atoms with Crippen LogP contribution in [-0.2, 0) is 25.7 Å². The smallest absolute Gasteiger partial charge is 0.0472 e. The van der Waals surface area contributed by atoms with Gasteiger partial charge in [0, 0.05) is 77.2 Å². The molecule has 4 nitrogen and oxygen atoms in total. The van der Waals surface area contributed by atoms with Gasteiger partial charge in [0.1, 0.15) is 0 Å². The van der Waals surface area contributed by atoms with E-state index in [-0.39, 0.29) is 0 Å². The summed E-state index contributed by atoms with van der Waals surface area (Å²) in [6.45, 7) is 22.7. The summed E-state index contributed by atoms with van der Waals surface area (Å²) in [5.41, 5.74) is 32.2. The molecule has 0 aliphatic rings. The van der Waals surface area contributed by atoms with E-state index >= 15 is 0 Å². The Balaban J connectivity index is 0.000000202. The topological polar surface area (TPSA) is 13.0 Å². The maximum Gasteiger partial charge on any atom is 0.0472 e. The lowest BCUT2D eigenvalue weighted by atomic mass is 9.87. The van der Waals surface area contributed by atoms with Gasteiger partial charge in [0.15, 0.2) is 0 Å². The van der Waals surface area contributed by atoms with Gasteiger partial charge in [-0.3, -0.25) is 0 Å². The van der Waals surface area contributed by atoms with Crippen molar-refractivity contribution >= 4 is 143 Å². The van der Waals surface area contributed by atoms with E-state index in [1.165, 1.54) is 298 Å². The van der Waals surface area contributed by atoms with Crippen molar-refractivity contribution < 1.29 is 0 Å². The molecule has 0 radical (unpaired) electrons. The lowest BCUT2D eigenvalue weighted by molar-refractivity contribution is 0.607. The standard InChI is InChI=1S/C64H72N2.C62H66Br2N2/c1-7-9-11-13-15-17-23-51-29-37-55(38-30-51)65(57-25-19-21-47(3)43-57)59-41-35-53-33-27-49(5)63(61(53)45-59)64-50(6)28-34-54-36-42-60(46-62(54)64)66(58-26-20-22-48(4)44-58)56-39-31-52(32-40-56)24-18-16-14-12-10-8-2;1-5-7-9-11-13-15-19-47-27-35-53(36-28-47)65(55-23-17-21-51(63)41-55)57-39-33-49-31-25-45(3)61(59(49)43-57)62-46(4)26-32-50-34-40-58(44-60(50)62)66(56-24-18-22-52(64)42-56)54-37-29-48(30-38-54)20-16-14-12-10-8-6-2/h19-22,25-46H,7-18,23-24H2,1-6H3;17-18,21-44H,5-16,19-20H2,1-4H3. The van der Waals surface area contributed by atoms with Crippen LogP contribution in [0.3, 0.4) is 0 Å². The van der Waals surface area contributed by atoms with E-state index in [9.17, 15) is 0 Å². The Morgan fingerprint density at radius 1 is 0.182 bits per heavy atom. The van der Waals surface area contributed by atoms with E-state index in [0.717, 1.165) is 80.1 Å². The molecule has 0 amide bonds. The van der Waals surface area contributed by atoms with E-state index < -0.39 is 0 Å². The Bertz CT molecular complexity index is 5680. The Morgan fingerprint density at radius 3 is 0.606 bits per heavy atom. The summed E-state index contributed by atoms with van der Waals surface area (Å²) < 4.78 is 2.12. The van der Waals surface area contributed by atoms with Crippen LogP contribution in [0.25, 0.3) is 65.3 Å². The molecule has 0 N–H and O–H groups in total. The molecule has 132 heavy (non-hydrogen) atoms. The summed E-state index contributed by atoms with van der Waals surface area (Å²) in [5, 5.41) is 9.97. The zero-order valence-electron chi connectivity index (χ0n) is 80.4. The van der Waals surface area contributed by atoms with Crippen LogP contribution in [0.1, 0.15) is 237 Å². The highest BCUT2D eigenvalue weighted by atomic mass is 79.9. The van der Waals surface area contributed by atoms with Gasteiger partial charge in [-0.2, -0.15) is 0 Å². The van der Waals surface area contributed by atoms with Crippen molar-refractivity contribution in [3.05, 3.63) is 380 Å². The van der Waals surface area contributed by atoms with Crippen molar-refractivity contribution in [1.82, 2.24) is 0 Å². The van der Waals surface area contributed by atoms with E-state index in [0.29, 0.717) is 0 Å². The first-order chi connectivity index (χ1) is 64.6. The number of hydrogen-bond donors (Lipinski definition) is 0. The van der Waals surface area contributed by atoms with Gasteiger partial charge in [-0.15, -0.1) is 0 Å². The third kappa shape index (κ3) is 24.2. The maximum absolute atomic E-state index is 3.80. The van der Waals surface area contributed by atoms with E-state index in [1.807, 2.05) is 0 Å². The average molecular weight is 1870 g/mol. The summed E-state index contributed by atoms with van der Waals surface area (Å²) in [4.78, 5) is 9.71. The van der Waals surface area contributed by atoms with Gasteiger partial charge in [0.25, 0.3) is 0 Å². The lowest BCUT2D eigenvalue weighted by Crippen LogP contribution is -2.10. The van der Waals surface area contributed by atoms with Gasteiger partial charge >= 0.3 is 0 Å². The van der Waals surface area contributed by atoms with Crippen molar-refractivity contribution in [3.8, 4) is 22.3 Å². The molecule has 0 spiro atoms. The van der Waals surface area contributed by atoms with E-state index in [1.54, 1.807) is 0 Å². The number of aryl methyl sites for hydroxylation is 10. The Hall–Kier alpha value is -11.3. The van der Waals surface area contributed by atoms with Crippen LogP contribution in [0.2, 0.25) is 0 Å². The van der Waals surface area contributed by atoms with Crippen molar-refractivity contribution in [2.45, 2.75) is 249 Å². The third-order valence-corrected chi connectivity index (χ3v) is 28.1. The number of rotatable bonds is 42. The van der Waals surface area contributed by atoms with Crippen molar-refractivity contribution in [2.24, 2.45) is 0 Å². The minimum Gasteiger partial charge on any atom is -0.310 e. The summed E-state index contributed by atoms with van der Waals surface area (Å²) >= 11 is 7.60. The second kappa shape index (κ2) is 47.4. The summed E-state index contributed by atoms with van der Waals surface area (Å²) in [5.74, 6) is 0. The fraction of sp³-hybridized carbons (Fsp3) is 0.302. The highest BCUT2D eigenvalue weighted by Gasteiger charge is 2.25. The molecule has 16 aromatic carbocycles. The molecule has 0 unspecified atom stereocenters. The van der Waals surface area contributed by atoms with Gasteiger partial charge in [0.2, 0.25) is 0 Å². The molecule has 0 saturated carbocycles. The van der Waals surface area contributed by atoms with Crippen LogP contribution < -0.4 is 19.6 Å². The molecule has 6 heteroatoms. The summed E-state index contributed by atoms with van der Waals surface area (Å²) in [7, 11) is 0. The van der Waals surface area contributed by atoms with Gasteiger partial charge < -0.3 is 19.6 Å². The summed E-state index contributed by atoms with van der Waals surface area (Å²) in [6, 6.07) is 119. The predicted molar refractivity (Wildman–Crippen MR) is 585 cm³/mol. The number of benzene rings is 16. The molecular weight excluding hydrogens is 1730 g/mol. The maximum atomic E-state index is 3.80. The zero-order valence-corrected chi connectivity index (χ0v) is 83.5. The lowest BCUT2D eigenvalue weighted by Gasteiger charge is -2.27. The molecular formula is C126H138Br2N4. The predicted octanol–water partition coefficient (Wildman–Crippen LogP) is 40.2. The number of nitrogens with zero attached hydrogens (tertiary/aromatic N) is 4. The van der Waals surface area contributed by atoms with Crippen molar-refractivity contribution in [1.29, 1.82) is 0 Å². The van der Waals surface area contributed by atoms with Crippen LogP contribution in [0.15, 0.2) is 324 Å². The molecule has 16 aromatic rings. The molecule has 676 valence electrons. The molecule has 0 aliphatic carbocycles. The number of anilines is 12. The number of halogens is 2. The van der Waals surface area contributed by atoms with E-state index in [2.05, 4.69) is 436 Å². The minimum absolute atomic E-state index is 1.06. The van der Waals surface area contributed by atoms with Crippen LogP contribution in [0, 0.1) is 41.5 Å². The largest absolute Gasteiger partial charge is 0.310 e. The number of fused-ring (bicyclic) bond motifs is 4. The summed E-state index contributed by atoms with van der Waals surface area (Å²) in [6.07, 6.45) is 36.1. The normalized spacial score (nSPS) is 11.4. The van der Waals surface area contributed by atoms with Crippen LogP contribution in [0.5, 0.6) is 0 Å². The fourth-order valence-electron chi connectivity index (χ4n) is 19.8. The molecule has 0 aromatic heterocycles. The second-order valence-corrected chi connectivity index (χ2v) is 39.2. The van der Waals surface area contributed by atoms with Gasteiger partial charge in [-0.05, 0) is 372 Å². The second-order valence-electron chi connectivity index (χ2n) is 37.4. The average Bonchev–Trinajstić information content (AvgIpc) is 0.745. The Labute approximate surface area is 807 Å². The third-order valence-electron chi connectivity index (χ3n) is 27.1.